The van der Waals surface area contributed by atoms with Crippen molar-refractivity contribution < 1.29 is 0 Å². The first kappa shape index (κ1) is 14.3. The summed E-state index contributed by atoms with van der Waals surface area (Å²) in [6.45, 7) is 9.62. The van der Waals surface area contributed by atoms with Gasteiger partial charge in [-0.2, -0.15) is 0 Å². The van der Waals surface area contributed by atoms with Gasteiger partial charge in [-0.05, 0) is 58.7 Å². The van der Waals surface area contributed by atoms with Crippen LogP contribution < -0.4 is 10.6 Å². The molecular formula is C15H31N3. The summed E-state index contributed by atoms with van der Waals surface area (Å²) in [5, 5.41) is 7.51. The second kappa shape index (κ2) is 7.46. The Hall–Kier alpha value is -0.120. The van der Waals surface area contributed by atoms with Crippen molar-refractivity contribution in [3.63, 3.8) is 0 Å². The van der Waals surface area contributed by atoms with Crippen molar-refractivity contribution in [1.82, 2.24) is 15.5 Å². The fraction of sp³-hybridized carbons (Fsp3) is 1.00. The molecule has 0 aromatic rings. The van der Waals surface area contributed by atoms with Gasteiger partial charge in [0.2, 0.25) is 0 Å². The number of hydrogen-bond acceptors (Lipinski definition) is 3. The monoisotopic (exact) mass is 253 g/mol. The van der Waals surface area contributed by atoms with Crippen LogP contribution in [-0.2, 0) is 0 Å². The quantitative estimate of drug-likeness (QED) is 0.784. The highest BCUT2D eigenvalue weighted by Crippen LogP contribution is 2.14. The zero-order chi connectivity index (χ0) is 12.8. The Morgan fingerprint density at radius 3 is 2.89 bits per heavy atom. The topological polar surface area (TPSA) is 27.3 Å². The zero-order valence-electron chi connectivity index (χ0n) is 12.3. The van der Waals surface area contributed by atoms with Crippen molar-refractivity contribution in [2.24, 2.45) is 0 Å². The Balaban J connectivity index is 1.67. The number of piperidine rings is 2. The van der Waals surface area contributed by atoms with Gasteiger partial charge >= 0.3 is 0 Å². The summed E-state index contributed by atoms with van der Waals surface area (Å²) in [6.07, 6.45) is 8.17. The molecule has 2 saturated heterocycles. The molecule has 2 aliphatic heterocycles. The van der Waals surface area contributed by atoms with Crippen LogP contribution in [-0.4, -0.2) is 49.2 Å². The average molecular weight is 253 g/mol. The van der Waals surface area contributed by atoms with E-state index >= 15 is 0 Å². The minimum Gasteiger partial charge on any atom is -0.314 e. The van der Waals surface area contributed by atoms with E-state index < -0.39 is 0 Å². The van der Waals surface area contributed by atoms with Gasteiger partial charge in [-0.15, -0.1) is 0 Å². The molecule has 2 heterocycles. The predicted octanol–water partition coefficient (Wildman–Crippen LogP) is 1.98. The molecule has 0 spiro atoms. The molecule has 0 radical (unpaired) electrons. The SMILES string of the molecule is CCN1CCCC(NC(C)CC2CCCCN2)C1. The summed E-state index contributed by atoms with van der Waals surface area (Å²) in [5.74, 6) is 0. The number of likely N-dealkylation sites (tertiary alicyclic amines) is 1. The van der Waals surface area contributed by atoms with Gasteiger partial charge in [0.25, 0.3) is 0 Å². The maximum atomic E-state index is 3.85. The first-order valence-corrected chi connectivity index (χ1v) is 7.99. The maximum Gasteiger partial charge on any atom is 0.0197 e. The third-order valence-electron chi connectivity index (χ3n) is 4.52. The van der Waals surface area contributed by atoms with E-state index in [1.54, 1.807) is 0 Å². The average Bonchev–Trinajstić information content (AvgIpc) is 2.40. The Bertz CT molecular complexity index is 226. The Morgan fingerprint density at radius 2 is 2.17 bits per heavy atom. The summed E-state index contributed by atoms with van der Waals surface area (Å²) in [4.78, 5) is 2.58. The van der Waals surface area contributed by atoms with Crippen LogP contribution in [0.3, 0.4) is 0 Å². The van der Waals surface area contributed by atoms with Gasteiger partial charge < -0.3 is 15.5 Å². The van der Waals surface area contributed by atoms with E-state index in [-0.39, 0.29) is 0 Å². The molecular weight excluding hydrogens is 222 g/mol. The highest BCUT2D eigenvalue weighted by Gasteiger charge is 2.22. The third-order valence-corrected chi connectivity index (χ3v) is 4.52. The zero-order valence-corrected chi connectivity index (χ0v) is 12.3. The lowest BCUT2D eigenvalue weighted by molar-refractivity contribution is 0.187. The molecule has 18 heavy (non-hydrogen) atoms. The molecule has 0 aromatic heterocycles. The molecule has 0 aromatic carbocycles. The molecule has 3 nitrogen and oxygen atoms in total. The van der Waals surface area contributed by atoms with Crippen LogP contribution in [0.2, 0.25) is 0 Å². The van der Waals surface area contributed by atoms with Crippen molar-refractivity contribution >= 4 is 0 Å². The van der Waals surface area contributed by atoms with Crippen molar-refractivity contribution in [2.75, 3.05) is 26.2 Å². The van der Waals surface area contributed by atoms with Crippen molar-refractivity contribution in [3.05, 3.63) is 0 Å². The fourth-order valence-electron chi connectivity index (χ4n) is 3.50. The summed E-state index contributed by atoms with van der Waals surface area (Å²) in [7, 11) is 0. The molecule has 3 unspecified atom stereocenters. The Kier molecular flexibility index (Phi) is 5.93. The Labute approximate surface area is 113 Å². The lowest BCUT2D eigenvalue weighted by Crippen LogP contribution is -2.50. The lowest BCUT2D eigenvalue weighted by Gasteiger charge is -2.35. The summed E-state index contributed by atoms with van der Waals surface area (Å²) in [5.41, 5.74) is 0. The largest absolute Gasteiger partial charge is 0.314 e. The fourth-order valence-corrected chi connectivity index (χ4v) is 3.50. The van der Waals surface area contributed by atoms with Crippen LogP contribution in [0.25, 0.3) is 0 Å². The molecule has 2 rings (SSSR count). The Morgan fingerprint density at radius 1 is 1.28 bits per heavy atom. The van der Waals surface area contributed by atoms with E-state index in [2.05, 4.69) is 29.4 Å². The first-order valence-electron chi connectivity index (χ1n) is 7.99. The second-order valence-corrected chi connectivity index (χ2v) is 6.18. The van der Waals surface area contributed by atoms with Crippen molar-refractivity contribution in [2.45, 2.75) is 70.5 Å². The second-order valence-electron chi connectivity index (χ2n) is 6.18. The molecule has 0 saturated carbocycles. The van der Waals surface area contributed by atoms with E-state index in [1.165, 1.54) is 64.7 Å². The maximum absolute atomic E-state index is 3.85. The van der Waals surface area contributed by atoms with Gasteiger partial charge in [0.15, 0.2) is 0 Å². The molecule has 3 atom stereocenters. The van der Waals surface area contributed by atoms with Crippen LogP contribution >= 0.6 is 0 Å². The number of nitrogens with zero attached hydrogens (tertiary/aromatic N) is 1. The van der Waals surface area contributed by atoms with Gasteiger partial charge in [-0.1, -0.05) is 13.3 Å². The van der Waals surface area contributed by atoms with Gasteiger partial charge in [-0.3, -0.25) is 0 Å². The van der Waals surface area contributed by atoms with Gasteiger partial charge in [0.05, 0.1) is 0 Å². The van der Waals surface area contributed by atoms with Crippen LogP contribution in [0.15, 0.2) is 0 Å². The highest BCUT2D eigenvalue weighted by molar-refractivity contribution is 4.83. The molecule has 0 bridgehead atoms. The van der Waals surface area contributed by atoms with Crippen LogP contribution in [0.4, 0.5) is 0 Å². The molecule has 3 heteroatoms. The molecule has 2 aliphatic rings. The van der Waals surface area contributed by atoms with E-state index in [0.717, 1.165) is 12.1 Å². The lowest BCUT2D eigenvalue weighted by atomic mass is 9.97. The predicted molar refractivity (Wildman–Crippen MR) is 78.0 cm³/mol. The van der Waals surface area contributed by atoms with Gasteiger partial charge in [0, 0.05) is 24.7 Å². The number of hydrogen-bond donors (Lipinski definition) is 2. The van der Waals surface area contributed by atoms with Gasteiger partial charge in [-0.25, -0.2) is 0 Å². The summed E-state index contributed by atoms with van der Waals surface area (Å²) in [6, 6.07) is 2.13. The highest BCUT2D eigenvalue weighted by atomic mass is 15.2. The standard InChI is InChI=1S/C15H31N3/c1-3-18-10-6-8-15(12-18)17-13(2)11-14-7-4-5-9-16-14/h13-17H,3-12H2,1-2H3. The van der Waals surface area contributed by atoms with Crippen molar-refractivity contribution in [1.29, 1.82) is 0 Å². The minimum absolute atomic E-state index is 0.655. The normalized spacial score (nSPS) is 32.3. The van der Waals surface area contributed by atoms with Crippen molar-refractivity contribution in [3.8, 4) is 0 Å². The van der Waals surface area contributed by atoms with Gasteiger partial charge in [0.1, 0.15) is 0 Å². The molecule has 106 valence electrons. The van der Waals surface area contributed by atoms with Crippen LogP contribution in [0.5, 0.6) is 0 Å². The minimum atomic E-state index is 0.655. The summed E-state index contributed by atoms with van der Waals surface area (Å²) < 4.78 is 0. The van der Waals surface area contributed by atoms with Crippen LogP contribution in [0.1, 0.15) is 52.4 Å². The molecule has 2 fully saturated rings. The number of rotatable bonds is 5. The van der Waals surface area contributed by atoms with E-state index in [4.69, 9.17) is 0 Å². The first-order chi connectivity index (χ1) is 8.78. The van der Waals surface area contributed by atoms with E-state index in [1.807, 2.05) is 0 Å². The van der Waals surface area contributed by atoms with E-state index in [9.17, 15) is 0 Å². The van der Waals surface area contributed by atoms with Crippen LogP contribution in [0, 0.1) is 0 Å². The molecule has 2 N–H and O–H groups in total. The molecule has 0 aliphatic carbocycles. The molecule has 0 amide bonds. The third kappa shape index (κ3) is 4.52. The number of nitrogens with one attached hydrogen (secondary N) is 2. The summed E-state index contributed by atoms with van der Waals surface area (Å²) >= 11 is 0. The van der Waals surface area contributed by atoms with E-state index in [0.29, 0.717) is 6.04 Å². The number of likely N-dealkylation sites (N-methyl/N-ethyl adjacent to an activating group) is 1. The smallest absolute Gasteiger partial charge is 0.0197 e.